The highest BCUT2D eigenvalue weighted by molar-refractivity contribution is 7.20. The number of hydrogen-bond acceptors (Lipinski definition) is 7. The lowest BCUT2D eigenvalue weighted by Gasteiger charge is -2.33. The van der Waals surface area contributed by atoms with Gasteiger partial charge in [-0.25, -0.2) is 19.3 Å². The molecular weight excluding hydrogens is 482 g/mol. The number of nitrogens with one attached hydrogen (secondary N) is 1. The quantitative estimate of drug-likeness (QED) is 0.338. The van der Waals surface area contributed by atoms with Gasteiger partial charge < -0.3 is 15.0 Å². The number of alkyl halides is 3. The molecule has 0 amide bonds. The van der Waals surface area contributed by atoms with E-state index in [1.165, 1.54) is 17.4 Å². The molecule has 1 aliphatic heterocycles. The summed E-state index contributed by atoms with van der Waals surface area (Å²) in [5.74, 6) is -0.149. The van der Waals surface area contributed by atoms with E-state index in [0.717, 1.165) is 25.0 Å². The minimum absolute atomic E-state index is 0.0216. The van der Waals surface area contributed by atoms with Crippen LogP contribution in [0.5, 0.6) is 0 Å². The Morgan fingerprint density at radius 1 is 1.18 bits per heavy atom. The van der Waals surface area contributed by atoms with Gasteiger partial charge in [-0.2, -0.15) is 13.2 Å². The van der Waals surface area contributed by atoms with Crippen LogP contribution in [0, 0.1) is 12.7 Å². The van der Waals surface area contributed by atoms with Crippen LogP contribution >= 0.6 is 22.9 Å². The first-order valence-electron chi connectivity index (χ1n) is 10.1. The van der Waals surface area contributed by atoms with Crippen molar-refractivity contribution in [3.63, 3.8) is 0 Å². The van der Waals surface area contributed by atoms with E-state index in [-0.39, 0.29) is 22.5 Å². The lowest BCUT2D eigenvalue weighted by molar-refractivity contribution is -0.137. The van der Waals surface area contributed by atoms with E-state index in [2.05, 4.69) is 20.3 Å². The molecule has 176 valence electrons. The van der Waals surface area contributed by atoms with Crippen LogP contribution in [0.25, 0.3) is 11.3 Å². The molecule has 1 saturated heterocycles. The van der Waals surface area contributed by atoms with Crippen molar-refractivity contribution in [1.82, 2.24) is 15.0 Å². The van der Waals surface area contributed by atoms with Crippen molar-refractivity contribution in [2.45, 2.75) is 32.0 Å². The predicted molar refractivity (Wildman–Crippen MR) is 120 cm³/mol. The molecule has 0 saturated carbocycles. The largest absolute Gasteiger partial charge is 0.416 e. The zero-order chi connectivity index (χ0) is 23.8. The summed E-state index contributed by atoms with van der Waals surface area (Å²) in [4.78, 5) is 14.8. The first-order chi connectivity index (χ1) is 15.6. The minimum atomic E-state index is -4.68. The number of aromatic nitrogens is 3. The fourth-order valence-electron chi connectivity index (χ4n) is 3.68. The van der Waals surface area contributed by atoms with Gasteiger partial charge in [0.15, 0.2) is 5.13 Å². The van der Waals surface area contributed by atoms with Gasteiger partial charge in [-0.15, -0.1) is 0 Å². The molecule has 0 radical (unpaired) electrons. The van der Waals surface area contributed by atoms with Crippen LogP contribution in [-0.4, -0.2) is 41.3 Å². The van der Waals surface area contributed by atoms with Crippen molar-refractivity contribution < 1.29 is 22.3 Å². The minimum Gasteiger partial charge on any atom is -0.380 e. The van der Waals surface area contributed by atoms with Gasteiger partial charge in [0.1, 0.15) is 33.3 Å². The number of thiazole rings is 1. The molecule has 6 nitrogen and oxygen atoms in total. The Balaban J connectivity index is 1.78. The molecule has 1 atom stereocenters. The van der Waals surface area contributed by atoms with E-state index in [1.807, 2.05) is 4.90 Å². The van der Waals surface area contributed by atoms with Gasteiger partial charge in [0.05, 0.1) is 11.7 Å². The number of hydrogen-bond donors (Lipinski definition) is 1. The Kier molecular flexibility index (Phi) is 6.73. The van der Waals surface area contributed by atoms with Gasteiger partial charge in [0.25, 0.3) is 0 Å². The van der Waals surface area contributed by atoms with Crippen LogP contribution in [0.2, 0.25) is 5.15 Å². The van der Waals surface area contributed by atoms with E-state index >= 15 is 0 Å². The second-order valence-corrected chi connectivity index (χ2v) is 8.96. The average molecular weight is 502 g/mol. The zero-order valence-electron chi connectivity index (χ0n) is 17.7. The molecule has 1 fully saturated rings. The summed E-state index contributed by atoms with van der Waals surface area (Å²) in [6.07, 6.45) is -2.98. The first-order valence-corrected chi connectivity index (χ1v) is 11.3. The van der Waals surface area contributed by atoms with Crippen LogP contribution in [-0.2, 0) is 10.9 Å². The van der Waals surface area contributed by atoms with Crippen LogP contribution < -0.4 is 10.2 Å². The summed E-state index contributed by atoms with van der Waals surface area (Å²) in [5.41, 5.74) is -0.781. The van der Waals surface area contributed by atoms with Crippen molar-refractivity contribution >= 4 is 38.9 Å². The zero-order valence-corrected chi connectivity index (χ0v) is 19.3. The van der Waals surface area contributed by atoms with Gasteiger partial charge in [-0.3, -0.25) is 0 Å². The maximum Gasteiger partial charge on any atom is 0.416 e. The van der Waals surface area contributed by atoms with Gasteiger partial charge in [-0.1, -0.05) is 22.9 Å². The van der Waals surface area contributed by atoms with Gasteiger partial charge in [-0.05, 0) is 38.0 Å². The van der Waals surface area contributed by atoms with Crippen molar-refractivity contribution in [3.05, 3.63) is 46.6 Å². The molecule has 2 aromatic heterocycles. The molecule has 4 rings (SSSR count). The molecule has 0 spiro atoms. The lowest BCUT2D eigenvalue weighted by Crippen LogP contribution is -2.39. The SMILES string of the molecule is CO[C@H]1CCCN(c2sc(Nc3cc(Cl)nc(C)n3)nc2-c2cc(F)cc(C(F)(F)F)c2)C1. The van der Waals surface area contributed by atoms with E-state index < -0.39 is 17.6 Å². The molecule has 1 aliphatic rings. The predicted octanol–water partition coefficient (Wildman–Crippen LogP) is 6.08. The van der Waals surface area contributed by atoms with Gasteiger partial charge in [0.2, 0.25) is 0 Å². The Hall–Kier alpha value is -2.50. The van der Waals surface area contributed by atoms with E-state index in [0.29, 0.717) is 40.9 Å². The normalized spacial score (nSPS) is 16.8. The Morgan fingerprint density at radius 2 is 1.97 bits per heavy atom. The molecule has 1 N–H and O–H groups in total. The highest BCUT2D eigenvalue weighted by Gasteiger charge is 2.33. The molecule has 3 aromatic rings. The number of piperidine rings is 1. The van der Waals surface area contributed by atoms with E-state index in [4.69, 9.17) is 16.3 Å². The van der Waals surface area contributed by atoms with E-state index in [9.17, 15) is 17.6 Å². The summed E-state index contributed by atoms with van der Waals surface area (Å²) < 4.78 is 59.7. The molecular formula is C21H20ClF4N5OS. The summed E-state index contributed by atoms with van der Waals surface area (Å²) in [6, 6.07) is 3.96. The third-order valence-electron chi connectivity index (χ3n) is 5.15. The van der Waals surface area contributed by atoms with Crippen LogP contribution in [0.4, 0.5) is 33.5 Å². The highest BCUT2D eigenvalue weighted by atomic mass is 35.5. The number of nitrogens with zero attached hydrogens (tertiary/aromatic N) is 4. The van der Waals surface area contributed by atoms with Gasteiger partial charge >= 0.3 is 6.18 Å². The molecule has 1 aromatic carbocycles. The second-order valence-electron chi connectivity index (χ2n) is 7.59. The summed E-state index contributed by atoms with van der Waals surface area (Å²) in [6.45, 7) is 2.90. The summed E-state index contributed by atoms with van der Waals surface area (Å²) >= 11 is 7.24. The molecule has 12 heteroatoms. The van der Waals surface area contributed by atoms with Gasteiger partial charge in [0, 0.05) is 31.8 Å². The fourth-order valence-corrected chi connectivity index (χ4v) is 4.93. The topological polar surface area (TPSA) is 63.2 Å². The maximum atomic E-state index is 14.2. The molecule has 0 unspecified atom stereocenters. The standard InChI is InChI=1S/C21H20ClF4N5OS/c1-11-27-16(22)9-17(28-11)29-20-30-18(12-6-13(21(24,25)26)8-14(23)7-12)19(33-20)31-5-3-4-15(10-31)32-2/h6-9,15H,3-5,10H2,1-2H3,(H,27,28,29,30)/t15-/m0/s1. The number of rotatable bonds is 5. The number of methoxy groups -OCH3 is 1. The molecule has 0 bridgehead atoms. The maximum absolute atomic E-state index is 14.2. The number of benzene rings is 1. The van der Waals surface area contributed by atoms with Crippen molar-refractivity contribution in [1.29, 1.82) is 0 Å². The Bertz CT molecular complexity index is 1140. The fraction of sp³-hybridized carbons (Fsp3) is 0.381. The van der Waals surface area contributed by atoms with Crippen LogP contribution in [0.3, 0.4) is 0 Å². The number of ether oxygens (including phenoxy) is 1. The third kappa shape index (κ3) is 5.53. The third-order valence-corrected chi connectivity index (χ3v) is 6.37. The first kappa shape index (κ1) is 23.7. The highest BCUT2D eigenvalue weighted by Crippen LogP contribution is 2.42. The molecule has 33 heavy (non-hydrogen) atoms. The summed E-state index contributed by atoms with van der Waals surface area (Å²) in [7, 11) is 1.62. The lowest BCUT2D eigenvalue weighted by atomic mass is 10.1. The van der Waals surface area contributed by atoms with Crippen LogP contribution in [0.1, 0.15) is 24.2 Å². The average Bonchev–Trinajstić information content (AvgIpc) is 3.16. The number of anilines is 3. The molecule has 0 aliphatic carbocycles. The Morgan fingerprint density at radius 3 is 2.67 bits per heavy atom. The molecule has 3 heterocycles. The van der Waals surface area contributed by atoms with Crippen molar-refractivity contribution in [3.8, 4) is 11.3 Å². The van der Waals surface area contributed by atoms with Crippen molar-refractivity contribution in [2.75, 3.05) is 30.4 Å². The number of aryl methyl sites for hydroxylation is 1. The Labute approximate surface area is 196 Å². The van der Waals surface area contributed by atoms with Crippen molar-refractivity contribution in [2.24, 2.45) is 0 Å². The monoisotopic (exact) mass is 501 g/mol. The van der Waals surface area contributed by atoms with E-state index in [1.54, 1.807) is 14.0 Å². The summed E-state index contributed by atoms with van der Waals surface area (Å²) in [5, 5.41) is 4.28. The second kappa shape index (κ2) is 9.40. The smallest absolute Gasteiger partial charge is 0.380 e. The number of halogens is 5. The van der Waals surface area contributed by atoms with Crippen LogP contribution in [0.15, 0.2) is 24.3 Å².